The molecule has 0 amide bonds. The molecule has 1 heterocycles. The summed E-state index contributed by atoms with van der Waals surface area (Å²) in [7, 11) is 1.46. The van der Waals surface area contributed by atoms with Crippen LogP contribution in [0.1, 0.15) is 25.3 Å². The summed E-state index contributed by atoms with van der Waals surface area (Å²) in [6.45, 7) is 3.85. The number of para-hydroxylation sites is 1. The molecule has 0 radical (unpaired) electrons. The van der Waals surface area contributed by atoms with Crippen molar-refractivity contribution < 1.29 is 14.3 Å². The zero-order chi connectivity index (χ0) is 17.7. The Morgan fingerprint density at radius 2 is 1.72 bits per heavy atom. The minimum Gasteiger partial charge on any atom is -0.468 e. The maximum atomic E-state index is 12.7. The highest BCUT2D eigenvalue weighted by Gasteiger charge is 2.44. The van der Waals surface area contributed by atoms with Crippen molar-refractivity contribution in [3.63, 3.8) is 0 Å². The lowest BCUT2D eigenvalue weighted by atomic mass is 9.68. The van der Waals surface area contributed by atoms with Crippen LogP contribution in [0.4, 0.5) is 0 Å². The SMILES string of the molecule is COC(=O)C(C)(c1cccc(Oc2ccccc2)c1)C1CCNCC1. The molecule has 2 aromatic carbocycles. The number of hydrogen-bond donors (Lipinski definition) is 1. The molecule has 1 N–H and O–H groups in total. The van der Waals surface area contributed by atoms with Gasteiger partial charge >= 0.3 is 5.97 Å². The van der Waals surface area contributed by atoms with E-state index in [4.69, 9.17) is 9.47 Å². The summed E-state index contributed by atoms with van der Waals surface area (Å²) in [6.07, 6.45) is 1.91. The first-order valence-corrected chi connectivity index (χ1v) is 8.77. The van der Waals surface area contributed by atoms with Gasteiger partial charge in [-0.3, -0.25) is 4.79 Å². The average molecular weight is 339 g/mol. The van der Waals surface area contributed by atoms with Crippen LogP contribution in [0.2, 0.25) is 0 Å². The van der Waals surface area contributed by atoms with Crippen molar-refractivity contribution in [3.05, 3.63) is 60.2 Å². The van der Waals surface area contributed by atoms with E-state index in [1.54, 1.807) is 0 Å². The average Bonchev–Trinajstić information content (AvgIpc) is 2.68. The van der Waals surface area contributed by atoms with Crippen molar-refractivity contribution in [1.82, 2.24) is 5.32 Å². The zero-order valence-corrected chi connectivity index (χ0v) is 14.8. The molecule has 1 saturated heterocycles. The number of nitrogens with one attached hydrogen (secondary N) is 1. The van der Waals surface area contributed by atoms with Gasteiger partial charge in [0.1, 0.15) is 11.5 Å². The van der Waals surface area contributed by atoms with Crippen molar-refractivity contribution in [1.29, 1.82) is 0 Å². The first-order chi connectivity index (χ1) is 12.1. The Labute approximate surface area is 149 Å². The fraction of sp³-hybridized carbons (Fsp3) is 0.381. The molecule has 0 aromatic heterocycles. The summed E-state index contributed by atoms with van der Waals surface area (Å²) in [6, 6.07) is 17.5. The third-order valence-corrected chi connectivity index (χ3v) is 5.18. The molecule has 3 rings (SSSR count). The standard InChI is InChI=1S/C21H25NO3/c1-21(20(23)24-2,16-11-13-22-14-12-16)17-7-6-10-19(15-17)25-18-8-4-3-5-9-18/h3-10,15-16,22H,11-14H2,1-2H3. The Morgan fingerprint density at radius 1 is 1.04 bits per heavy atom. The Hall–Kier alpha value is -2.33. The number of piperidine rings is 1. The second-order valence-corrected chi connectivity index (χ2v) is 6.66. The molecular weight excluding hydrogens is 314 g/mol. The second-order valence-electron chi connectivity index (χ2n) is 6.66. The van der Waals surface area contributed by atoms with Crippen molar-refractivity contribution >= 4 is 5.97 Å². The van der Waals surface area contributed by atoms with E-state index >= 15 is 0 Å². The Morgan fingerprint density at radius 3 is 2.40 bits per heavy atom. The topological polar surface area (TPSA) is 47.6 Å². The van der Waals surface area contributed by atoms with Crippen molar-refractivity contribution in [2.45, 2.75) is 25.2 Å². The van der Waals surface area contributed by atoms with Gasteiger partial charge in [-0.2, -0.15) is 0 Å². The Bertz CT molecular complexity index is 710. The Kier molecular flexibility index (Phi) is 5.39. The molecule has 4 heteroatoms. The maximum Gasteiger partial charge on any atom is 0.316 e. The highest BCUT2D eigenvalue weighted by atomic mass is 16.5. The first kappa shape index (κ1) is 17.5. The minimum atomic E-state index is -0.674. The normalized spacial score (nSPS) is 17.5. The number of methoxy groups -OCH3 is 1. The van der Waals surface area contributed by atoms with Gasteiger partial charge in [-0.05, 0) is 68.6 Å². The molecule has 1 aliphatic rings. The van der Waals surface area contributed by atoms with Crippen LogP contribution in [0.15, 0.2) is 54.6 Å². The van der Waals surface area contributed by atoms with Gasteiger partial charge in [0.2, 0.25) is 0 Å². The van der Waals surface area contributed by atoms with Gasteiger partial charge in [0.05, 0.1) is 12.5 Å². The molecule has 132 valence electrons. The molecule has 0 bridgehead atoms. The van der Waals surface area contributed by atoms with E-state index in [1.807, 2.05) is 61.5 Å². The summed E-state index contributed by atoms with van der Waals surface area (Å²) < 4.78 is 11.1. The summed E-state index contributed by atoms with van der Waals surface area (Å²) in [5.41, 5.74) is 0.270. The lowest BCUT2D eigenvalue weighted by Gasteiger charge is -2.38. The molecule has 1 aliphatic heterocycles. The molecule has 0 spiro atoms. The van der Waals surface area contributed by atoms with Crippen LogP contribution in [0.5, 0.6) is 11.5 Å². The van der Waals surface area contributed by atoms with Gasteiger partial charge in [-0.1, -0.05) is 30.3 Å². The van der Waals surface area contributed by atoms with E-state index in [9.17, 15) is 4.79 Å². The summed E-state index contributed by atoms with van der Waals surface area (Å²) in [4.78, 5) is 12.7. The van der Waals surface area contributed by atoms with E-state index < -0.39 is 5.41 Å². The van der Waals surface area contributed by atoms with Gasteiger partial charge in [-0.25, -0.2) is 0 Å². The summed E-state index contributed by atoms with van der Waals surface area (Å²) in [5, 5.41) is 3.36. The number of carbonyl (C=O) groups excluding carboxylic acids is 1. The largest absolute Gasteiger partial charge is 0.468 e. The third-order valence-electron chi connectivity index (χ3n) is 5.18. The van der Waals surface area contributed by atoms with Crippen LogP contribution in [-0.4, -0.2) is 26.2 Å². The van der Waals surface area contributed by atoms with Crippen molar-refractivity contribution in [2.24, 2.45) is 5.92 Å². The molecule has 1 atom stereocenters. The molecule has 1 unspecified atom stereocenters. The van der Waals surface area contributed by atoms with Gasteiger partial charge in [0, 0.05) is 0 Å². The van der Waals surface area contributed by atoms with Gasteiger partial charge < -0.3 is 14.8 Å². The van der Waals surface area contributed by atoms with Crippen LogP contribution in [0, 0.1) is 5.92 Å². The smallest absolute Gasteiger partial charge is 0.316 e. The van der Waals surface area contributed by atoms with E-state index in [-0.39, 0.29) is 11.9 Å². The molecular formula is C21H25NO3. The lowest BCUT2D eigenvalue weighted by molar-refractivity contribution is -0.149. The third kappa shape index (κ3) is 3.69. The summed E-state index contributed by atoms with van der Waals surface area (Å²) in [5.74, 6) is 1.57. The Balaban J connectivity index is 1.93. The number of esters is 1. The van der Waals surface area contributed by atoms with E-state index in [0.29, 0.717) is 0 Å². The zero-order valence-electron chi connectivity index (χ0n) is 14.8. The molecule has 25 heavy (non-hydrogen) atoms. The first-order valence-electron chi connectivity index (χ1n) is 8.77. The monoisotopic (exact) mass is 339 g/mol. The van der Waals surface area contributed by atoms with Crippen molar-refractivity contribution in [2.75, 3.05) is 20.2 Å². The van der Waals surface area contributed by atoms with Gasteiger partial charge in [0.15, 0.2) is 0 Å². The van der Waals surface area contributed by atoms with Crippen molar-refractivity contribution in [3.8, 4) is 11.5 Å². The predicted octanol–water partition coefficient (Wildman–Crippen LogP) is 3.91. The van der Waals surface area contributed by atoms with Gasteiger partial charge in [0.25, 0.3) is 0 Å². The maximum absolute atomic E-state index is 12.7. The number of ether oxygens (including phenoxy) is 2. The number of benzene rings is 2. The molecule has 0 saturated carbocycles. The molecule has 4 nitrogen and oxygen atoms in total. The highest BCUT2D eigenvalue weighted by molar-refractivity contribution is 5.83. The van der Waals surface area contributed by atoms with E-state index in [1.165, 1.54) is 7.11 Å². The predicted molar refractivity (Wildman–Crippen MR) is 97.9 cm³/mol. The fourth-order valence-electron chi connectivity index (χ4n) is 3.64. The number of carbonyl (C=O) groups is 1. The molecule has 1 fully saturated rings. The minimum absolute atomic E-state index is 0.184. The highest BCUT2D eigenvalue weighted by Crippen LogP contribution is 2.40. The molecule has 0 aliphatic carbocycles. The number of rotatable bonds is 5. The summed E-state index contributed by atoms with van der Waals surface area (Å²) >= 11 is 0. The fourth-order valence-corrected chi connectivity index (χ4v) is 3.64. The van der Waals surface area contributed by atoms with E-state index in [2.05, 4.69) is 5.32 Å². The molecule has 2 aromatic rings. The van der Waals surface area contributed by atoms with Gasteiger partial charge in [-0.15, -0.1) is 0 Å². The number of hydrogen-bond acceptors (Lipinski definition) is 4. The van der Waals surface area contributed by atoms with Crippen LogP contribution >= 0.6 is 0 Å². The van der Waals surface area contributed by atoms with Crippen LogP contribution in [-0.2, 0) is 14.9 Å². The second kappa shape index (κ2) is 7.70. The quantitative estimate of drug-likeness (QED) is 0.839. The van der Waals surface area contributed by atoms with Crippen LogP contribution < -0.4 is 10.1 Å². The van der Waals surface area contributed by atoms with Crippen LogP contribution in [0.25, 0.3) is 0 Å². The van der Waals surface area contributed by atoms with Crippen LogP contribution in [0.3, 0.4) is 0 Å². The van der Waals surface area contributed by atoms with E-state index in [0.717, 1.165) is 43.0 Å². The lowest BCUT2D eigenvalue weighted by Crippen LogP contribution is -2.45.